The van der Waals surface area contributed by atoms with Gasteiger partial charge in [0.25, 0.3) is 5.78 Å². The summed E-state index contributed by atoms with van der Waals surface area (Å²) in [6, 6.07) is 20.2. The second kappa shape index (κ2) is 11.0. The summed E-state index contributed by atoms with van der Waals surface area (Å²) in [7, 11) is 4.72. The van der Waals surface area contributed by atoms with Crippen LogP contribution < -0.4 is 19.1 Å². The minimum atomic E-state index is -0.785. The second-order valence-corrected chi connectivity index (χ2v) is 7.71. The summed E-state index contributed by atoms with van der Waals surface area (Å²) in [5.41, 5.74) is 2.41. The fraction of sp³-hybridized carbons (Fsp3) is 0.192. The molecule has 0 atom stereocenters. The van der Waals surface area contributed by atoms with Crippen LogP contribution in [0.25, 0.3) is 5.69 Å². The van der Waals surface area contributed by atoms with Crippen LogP contribution in [0.4, 0.5) is 5.82 Å². The van der Waals surface area contributed by atoms with Gasteiger partial charge in [-0.25, -0.2) is 4.98 Å². The van der Waals surface area contributed by atoms with Crippen LogP contribution in [-0.2, 0) is 13.1 Å². The van der Waals surface area contributed by atoms with Crippen molar-refractivity contribution in [3.8, 4) is 29.1 Å². The van der Waals surface area contributed by atoms with Gasteiger partial charge in [0.1, 0.15) is 17.6 Å². The van der Waals surface area contributed by atoms with Crippen LogP contribution in [0.2, 0.25) is 0 Å². The zero-order chi connectivity index (χ0) is 25.5. The highest BCUT2D eigenvalue weighted by Gasteiger charge is 2.25. The van der Waals surface area contributed by atoms with Crippen molar-refractivity contribution in [3.63, 3.8) is 0 Å². The smallest absolute Gasteiger partial charge is 0.286 e. The summed E-state index contributed by atoms with van der Waals surface area (Å²) >= 11 is 0. The molecule has 4 aromatic rings. The molecule has 182 valence electrons. The van der Waals surface area contributed by atoms with E-state index in [9.17, 15) is 10.1 Å². The fourth-order valence-electron chi connectivity index (χ4n) is 3.57. The van der Waals surface area contributed by atoms with Crippen LogP contribution in [-0.4, -0.2) is 47.1 Å². The predicted octanol–water partition coefficient (Wildman–Crippen LogP) is 3.60. The van der Waals surface area contributed by atoms with Gasteiger partial charge in [-0.1, -0.05) is 24.3 Å². The van der Waals surface area contributed by atoms with Crippen molar-refractivity contribution in [2.45, 2.75) is 13.1 Å². The van der Waals surface area contributed by atoms with Gasteiger partial charge in [0.2, 0.25) is 5.88 Å². The van der Waals surface area contributed by atoms with Crippen molar-refractivity contribution in [2.24, 2.45) is 0 Å². The summed E-state index contributed by atoms with van der Waals surface area (Å²) in [6.07, 6.45) is 1.55. The van der Waals surface area contributed by atoms with Crippen molar-refractivity contribution in [1.82, 2.24) is 20.0 Å². The van der Waals surface area contributed by atoms with E-state index in [1.807, 2.05) is 53.4 Å². The molecule has 0 aliphatic heterocycles. The molecule has 2 aromatic heterocycles. The maximum atomic E-state index is 12.6. The zero-order valence-electron chi connectivity index (χ0n) is 20.1. The molecule has 0 radical (unpaired) electrons. The van der Waals surface area contributed by atoms with E-state index < -0.39 is 5.78 Å². The van der Waals surface area contributed by atoms with Gasteiger partial charge in [-0.15, -0.1) is 15.0 Å². The number of nitriles is 1. The Kier molecular flexibility index (Phi) is 7.41. The first-order valence-electron chi connectivity index (χ1n) is 11.0. The van der Waals surface area contributed by atoms with Crippen LogP contribution >= 0.6 is 0 Å². The topological polar surface area (TPSA) is 115 Å². The Morgan fingerprint density at radius 1 is 0.889 bits per heavy atom. The number of carbonyl (C=O) groups is 1. The first-order chi connectivity index (χ1) is 17.5. The molecule has 4 rings (SSSR count). The molecule has 0 saturated heterocycles. The van der Waals surface area contributed by atoms with Crippen LogP contribution in [0, 0.1) is 11.3 Å². The lowest BCUT2D eigenvalue weighted by Gasteiger charge is -2.23. The van der Waals surface area contributed by atoms with Crippen LogP contribution in [0.15, 0.2) is 66.9 Å². The molecule has 0 saturated carbocycles. The van der Waals surface area contributed by atoms with Gasteiger partial charge in [0.05, 0.1) is 27.0 Å². The minimum absolute atomic E-state index is 0.0460. The molecule has 2 aromatic carbocycles. The molecule has 0 aliphatic carbocycles. The summed E-state index contributed by atoms with van der Waals surface area (Å²) < 4.78 is 15.7. The number of nitrogens with zero attached hydrogens (tertiary/aromatic N) is 6. The summed E-state index contributed by atoms with van der Waals surface area (Å²) in [5.74, 6) is 1.33. The highest BCUT2D eigenvalue weighted by molar-refractivity contribution is 6.09. The summed E-state index contributed by atoms with van der Waals surface area (Å²) in [6.45, 7) is 0.806. The Balaban J connectivity index is 1.78. The van der Waals surface area contributed by atoms with Crippen molar-refractivity contribution >= 4 is 11.6 Å². The van der Waals surface area contributed by atoms with Crippen LogP contribution in [0.3, 0.4) is 0 Å². The van der Waals surface area contributed by atoms with Crippen molar-refractivity contribution in [1.29, 1.82) is 5.26 Å². The highest BCUT2D eigenvalue weighted by atomic mass is 16.5. The van der Waals surface area contributed by atoms with Gasteiger partial charge in [-0.2, -0.15) is 5.26 Å². The standard InChI is InChI=1S/C26H24N6O4/c1-34-21-8-4-18(5-9-21)16-31(17-19-6-10-22(35-2)11-7-19)26-25(23(33)15-27)29-32(30-26)20-12-13-28-24(14-20)36-3/h4-14H,16-17H2,1-3H3. The van der Waals surface area contributed by atoms with Crippen LogP contribution in [0.5, 0.6) is 17.4 Å². The Hall–Kier alpha value is -4.91. The SMILES string of the molecule is COc1ccc(CN(Cc2ccc(OC)cc2)c2nn(-c3ccnc(OC)c3)nc2C(=O)C#N)cc1. The first-order valence-corrected chi connectivity index (χ1v) is 11.0. The predicted molar refractivity (Wildman–Crippen MR) is 132 cm³/mol. The monoisotopic (exact) mass is 484 g/mol. The molecule has 10 heteroatoms. The summed E-state index contributed by atoms with van der Waals surface area (Å²) in [4.78, 5) is 19.9. The number of Topliss-reactive ketones (excluding diaryl/α,β-unsaturated/α-hetero) is 1. The number of benzene rings is 2. The lowest BCUT2D eigenvalue weighted by atomic mass is 10.1. The highest BCUT2D eigenvalue weighted by Crippen LogP contribution is 2.25. The average molecular weight is 485 g/mol. The number of rotatable bonds is 10. The number of pyridine rings is 1. The number of aromatic nitrogens is 4. The minimum Gasteiger partial charge on any atom is -0.497 e. The number of ether oxygens (including phenoxy) is 3. The number of methoxy groups -OCH3 is 3. The lowest BCUT2D eigenvalue weighted by Crippen LogP contribution is -2.24. The molecule has 10 nitrogen and oxygen atoms in total. The molecule has 0 fully saturated rings. The molecular formula is C26H24N6O4. The normalized spacial score (nSPS) is 10.4. The third kappa shape index (κ3) is 5.42. The Morgan fingerprint density at radius 2 is 1.47 bits per heavy atom. The lowest BCUT2D eigenvalue weighted by molar-refractivity contribution is 0.104. The number of carbonyl (C=O) groups excluding carboxylic acids is 1. The van der Waals surface area contributed by atoms with Gasteiger partial charge in [0.15, 0.2) is 11.5 Å². The van der Waals surface area contributed by atoms with Crippen LogP contribution in [0.1, 0.15) is 21.6 Å². The third-order valence-corrected chi connectivity index (χ3v) is 5.44. The molecule has 0 spiro atoms. The van der Waals surface area contributed by atoms with Gasteiger partial charge in [-0.05, 0) is 41.5 Å². The van der Waals surface area contributed by atoms with Crippen molar-refractivity contribution in [3.05, 3.63) is 83.7 Å². The van der Waals surface area contributed by atoms with Gasteiger partial charge >= 0.3 is 0 Å². The number of ketones is 1. The number of anilines is 1. The quantitative estimate of drug-likeness (QED) is 0.246. The number of hydrogen-bond acceptors (Lipinski definition) is 9. The van der Waals surface area contributed by atoms with E-state index in [2.05, 4.69) is 15.2 Å². The summed E-state index contributed by atoms with van der Waals surface area (Å²) in [5, 5.41) is 18.4. The van der Waals surface area contributed by atoms with E-state index in [0.717, 1.165) is 22.6 Å². The molecular weight excluding hydrogens is 460 g/mol. The molecule has 0 amide bonds. The molecule has 2 heterocycles. The van der Waals surface area contributed by atoms with Gasteiger partial charge in [-0.3, -0.25) is 4.79 Å². The molecule has 0 aliphatic rings. The number of hydrogen-bond donors (Lipinski definition) is 0. The van der Waals surface area contributed by atoms with E-state index in [-0.39, 0.29) is 11.5 Å². The van der Waals surface area contributed by atoms with E-state index in [1.54, 1.807) is 38.6 Å². The maximum Gasteiger partial charge on any atom is 0.286 e. The Morgan fingerprint density at radius 3 is 1.97 bits per heavy atom. The van der Waals surface area contributed by atoms with Gasteiger partial charge in [0, 0.05) is 25.4 Å². The fourth-order valence-corrected chi connectivity index (χ4v) is 3.57. The maximum absolute atomic E-state index is 12.6. The molecule has 0 unspecified atom stereocenters. The average Bonchev–Trinajstić information content (AvgIpc) is 3.39. The van der Waals surface area contributed by atoms with E-state index in [1.165, 1.54) is 11.9 Å². The Labute approximate surface area is 208 Å². The Bertz CT molecular complexity index is 1330. The van der Waals surface area contributed by atoms with E-state index in [0.29, 0.717) is 24.7 Å². The molecule has 36 heavy (non-hydrogen) atoms. The van der Waals surface area contributed by atoms with E-state index >= 15 is 0 Å². The van der Waals surface area contributed by atoms with Crippen molar-refractivity contribution < 1.29 is 19.0 Å². The van der Waals surface area contributed by atoms with E-state index in [4.69, 9.17) is 14.2 Å². The second-order valence-electron chi connectivity index (χ2n) is 7.71. The van der Waals surface area contributed by atoms with Crippen molar-refractivity contribution in [2.75, 3.05) is 26.2 Å². The third-order valence-electron chi connectivity index (χ3n) is 5.44. The first kappa shape index (κ1) is 24.2. The molecule has 0 N–H and O–H groups in total. The van der Waals surface area contributed by atoms with Gasteiger partial charge < -0.3 is 19.1 Å². The largest absolute Gasteiger partial charge is 0.497 e. The zero-order valence-corrected chi connectivity index (χ0v) is 20.1. The molecule has 0 bridgehead atoms.